The molecule has 0 spiro atoms. The quantitative estimate of drug-likeness (QED) is 0.715. The molecular weight excluding hydrogens is 360 g/mol. The Balaban J connectivity index is 1.69. The molecule has 0 aliphatic carbocycles. The van der Waals surface area contributed by atoms with E-state index in [2.05, 4.69) is 25.2 Å². The van der Waals surface area contributed by atoms with Crippen molar-refractivity contribution in [2.75, 3.05) is 32.2 Å². The van der Waals surface area contributed by atoms with Crippen LogP contribution in [0.15, 0.2) is 30.9 Å². The fraction of sp³-hybridized carbons (Fsp3) is 0.368. The predicted octanol–water partition coefficient (Wildman–Crippen LogP) is 1.55. The van der Waals surface area contributed by atoms with Gasteiger partial charge in [0.2, 0.25) is 5.91 Å². The van der Waals surface area contributed by atoms with Gasteiger partial charge in [0.05, 0.1) is 19.9 Å². The summed E-state index contributed by atoms with van der Waals surface area (Å²) in [5.74, 6) is 2.05. The first-order valence-electron chi connectivity index (χ1n) is 9.03. The maximum Gasteiger partial charge on any atom is 0.217 e. The van der Waals surface area contributed by atoms with E-state index in [0.717, 1.165) is 30.0 Å². The number of nitrogens with one attached hydrogen (secondary N) is 1. The van der Waals surface area contributed by atoms with Gasteiger partial charge >= 0.3 is 0 Å². The summed E-state index contributed by atoms with van der Waals surface area (Å²) in [7, 11) is 3.21. The molecule has 1 fully saturated rings. The van der Waals surface area contributed by atoms with Gasteiger partial charge in [0, 0.05) is 32.1 Å². The van der Waals surface area contributed by atoms with E-state index in [0.29, 0.717) is 23.7 Å². The van der Waals surface area contributed by atoms with Gasteiger partial charge in [0.15, 0.2) is 28.5 Å². The normalized spacial score (nSPS) is 16.4. The van der Waals surface area contributed by atoms with Gasteiger partial charge in [0.25, 0.3) is 0 Å². The summed E-state index contributed by atoms with van der Waals surface area (Å²) in [5.41, 5.74) is 2.29. The zero-order valence-electron chi connectivity index (χ0n) is 16.0. The summed E-state index contributed by atoms with van der Waals surface area (Å²) in [6.07, 6.45) is 4.15. The van der Waals surface area contributed by atoms with Crippen LogP contribution in [0.25, 0.3) is 16.9 Å². The molecule has 9 heteroatoms. The number of amides is 1. The molecular formula is C19H22N6O3. The number of imidazole rings is 1. The van der Waals surface area contributed by atoms with Crippen LogP contribution in [0.1, 0.15) is 13.3 Å². The van der Waals surface area contributed by atoms with Gasteiger partial charge in [-0.2, -0.15) is 0 Å². The minimum atomic E-state index is -0.0163. The summed E-state index contributed by atoms with van der Waals surface area (Å²) in [5, 5.41) is 2.97. The second kappa shape index (κ2) is 7.34. The smallest absolute Gasteiger partial charge is 0.217 e. The monoisotopic (exact) mass is 382 g/mol. The molecule has 1 saturated heterocycles. The lowest BCUT2D eigenvalue weighted by Crippen LogP contribution is -2.35. The Labute approximate surface area is 162 Å². The lowest BCUT2D eigenvalue weighted by atomic mass is 10.2. The zero-order chi connectivity index (χ0) is 19.7. The Bertz CT molecular complexity index is 1020. The standard InChI is InChI=1S/C19H22N6O3/c1-12(26)23-13-6-7-24(9-13)18-17-19(21-10-20-18)25(11-22-17)14-4-5-15(27-2)16(8-14)28-3/h4-5,8,10-11,13H,6-7,9H2,1-3H3,(H,23,26)/t13-/m1/s1. The average Bonchev–Trinajstić information content (AvgIpc) is 3.33. The maximum atomic E-state index is 11.3. The van der Waals surface area contributed by atoms with Crippen LogP contribution in [0.4, 0.5) is 5.82 Å². The molecule has 1 atom stereocenters. The number of hydrogen-bond donors (Lipinski definition) is 1. The molecule has 1 aliphatic heterocycles. The van der Waals surface area contributed by atoms with E-state index >= 15 is 0 Å². The van der Waals surface area contributed by atoms with E-state index in [9.17, 15) is 4.79 Å². The number of carbonyl (C=O) groups is 1. The van der Waals surface area contributed by atoms with Crippen LogP contribution in [-0.2, 0) is 4.79 Å². The third-order valence-corrected chi connectivity index (χ3v) is 4.85. The van der Waals surface area contributed by atoms with Crippen molar-refractivity contribution in [3.63, 3.8) is 0 Å². The number of ether oxygens (including phenoxy) is 2. The summed E-state index contributed by atoms with van der Waals surface area (Å²) in [6.45, 7) is 3.05. The van der Waals surface area contributed by atoms with E-state index in [1.807, 2.05) is 22.8 Å². The predicted molar refractivity (Wildman–Crippen MR) is 104 cm³/mol. The first kappa shape index (κ1) is 18.0. The van der Waals surface area contributed by atoms with Crippen LogP contribution in [0.5, 0.6) is 11.5 Å². The number of methoxy groups -OCH3 is 2. The van der Waals surface area contributed by atoms with Gasteiger partial charge in [-0.05, 0) is 18.6 Å². The van der Waals surface area contributed by atoms with Crippen molar-refractivity contribution in [3.05, 3.63) is 30.9 Å². The third kappa shape index (κ3) is 3.19. The molecule has 1 aliphatic rings. The molecule has 4 rings (SSSR count). The van der Waals surface area contributed by atoms with Crippen molar-refractivity contribution >= 4 is 22.9 Å². The van der Waals surface area contributed by atoms with Crippen LogP contribution in [-0.4, -0.2) is 58.8 Å². The second-order valence-electron chi connectivity index (χ2n) is 6.66. The molecule has 1 aromatic carbocycles. The minimum absolute atomic E-state index is 0.0163. The molecule has 1 amide bonds. The lowest BCUT2D eigenvalue weighted by Gasteiger charge is -2.17. The number of anilines is 1. The second-order valence-corrected chi connectivity index (χ2v) is 6.66. The van der Waals surface area contributed by atoms with Gasteiger partial charge in [-0.1, -0.05) is 0 Å². The molecule has 2 aromatic heterocycles. The van der Waals surface area contributed by atoms with Crippen LogP contribution in [0, 0.1) is 0 Å². The minimum Gasteiger partial charge on any atom is -0.493 e. The van der Waals surface area contributed by atoms with E-state index in [1.54, 1.807) is 26.9 Å². The van der Waals surface area contributed by atoms with Gasteiger partial charge in [-0.3, -0.25) is 9.36 Å². The lowest BCUT2D eigenvalue weighted by molar-refractivity contribution is -0.119. The molecule has 0 unspecified atom stereocenters. The van der Waals surface area contributed by atoms with Gasteiger partial charge in [0.1, 0.15) is 12.7 Å². The van der Waals surface area contributed by atoms with E-state index in [-0.39, 0.29) is 11.9 Å². The fourth-order valence-corrected chi connectivity index (χ4v) is 3.58. The van der Waals surface area contributed by atoms with Crippen molar-refractivity contribution in [2.45, 2.75) is 19.4 Å². The Morgan fingerprint density at radius 1 is 1.18 bits per heavy atom. The Kier molecular flexibility index (Phi) is 4.72. The van der Waals surface area contributed by atoms with Crippen molar-refractivity contribution in [3.8, 4) is 17.2 Å². The van der Waals surface area contributed by atoms with E-state index in [1.165, 1.54) is 6.92 Å². The summed E-state index contributed by atoms with van der Waals surface area (Å²) < 4.78 is 12.6. The van der Waals surface area contributed by atoms with Gasteiger partial charge in [-0.15, -0.1) is 0 Å². The highest BCUT2D eigenvalue weighted by molar-refractivity contribution is 5.85. The molecule has 28 heavy (non-hydrogen) atoms. The largest absolute Gasteiger partial charge is 0.493 e. The zero-order valence-corrected chi connectivity index (χ0v) is 16.0. The number of rotatable bonds is 5. The Morgan fingerprint density at radius 3 is 2.75 bits per heavy atom. The maximum absolute atomic E-state index is 11.3. The van der Waals surface area contributed by atoms with Crippen LogP contribution < -0.4 is 19.7 Å². The summed E-state index contributed by atoms with van der Waals surface area (Å²) in [6, 6.07) is 5.77. The number of fused-ring (bicyclic) bond motifs is 1. The highest BCUT2D eigenvalue weighted by Crippen LogP contribution is 2.31. The highest BCUT2D eigenvalue weighted by Gasteiger charge is 2.26. The van der Waals surface area contributed by atoms with E-state index in [4.69, 9.17) is 9.47 Å². The number of aromatic nitrogens is 4. The van der Waals surface area contributed by atoms with E-state index < -0.39 is 0 Å². The topological polar surface area (TPSA) is 94.4 Å². The van der Waals surface area contributed by atoms with Crippen molar-refractivity contribution < 1.29 is 14.3 Å². The number of carbonyl (C=O) groups excluding carboxylic acids is 1. The van der Waals surface area contributed by atoms with Crippen LogP contribution in [0.2, 0.25) is 0 Å². The molecule has 1 N–H and O–H groups in total. The molecule has 9 nitrogen and oxygen atoms in total. The molecule has 146 valence electrons. The average molecular weight is 382 g/mol. The van der Waals surface area contributed by atoms with Crippen molar-refractivity contribution in [2.24, 2.45) is 0 Å². The number of benzene rings is 1. The van der Waals surface area contributed by atoms with Gasteiger partial charge in [-0.25, -0.2) is 15.0 Å². The van der Waals surface area contributed by atoms with Crippen LogP contribution in [0.3, 0.4) is 0 Å². The van der Waals surface area contributed by atoms with Crippen LogP contribution >= 0.6 is 0 Å². The first-order chi connectivity index (χ1) is 13.6. The molecule has 3 heterocycles. The molecule has 0 bridgehead atoms. The molecule has 0 saturated carbocycles. The fourth-order valence-electron chi connectivity index (χ4n) is 3.58. The summed E-state index contributed by atoms with van der Waals surface area (Å²) >= 11 is 0. The Morgan fingerprint density at radius 2 is 2.00 bits per heavy atom. The molecule has 3 aromatic rings. The molecule has 0 radical (unpaired) electrons. The first-order valence-corrected chi connectivity index (χ1v) is 9.03. The SMILES string of the molecule is COc1ccc(-n2cnc3c(N4CC[C@@H](NC(C)=O)C4)ncnc32)cc1OC. The Hall–Kier alpha value is -3.36. The summed E-state index contributed by atoms with van der Waals surface area (Å²) in [4.78, 5) is 26.9. The van der Waals surface area contributed by atoms with Gasteiger partial charge < -0.3 is 19.7 Å². The highest BCUT2D eigenvalue weighted by atomic mass is 16.5. The number of hydrogen-bond acceptors (Lipinski definition) is 7. The third-order valence-electron chi connectivity index (χ3n) is 4.85. The number of nitrogens with zero attached hydrogens (tertiary/aromatic N) is 5. The van der Waals surface area contributed by atoms with Crippen molar-refractivity contribution in [1.82, 2.24) is 24.8 Å². The van der Waals surface area contributed by atoms with Crippen molar-refractivity contribution in [1.29, 1.82) is 0 Å².